The number of nitrogens with zero attached hydrogens (tertiary/aromatic N) is 2. The third-order valence-corrected chi connectivity index (χ3v) is 5.39. The molecule has 3 N–H and O–H groups in total. The molecule has 7 heteroatoms. The van der Waals surface area contributed by atoms with Crippen LogP contribution in [-0.4, -0.2) is 30.5 Å². The summed E-state index contributed by atoms with van der Waals surface area (Å²) >= 11 is 0. The van der Waals surface area contributed by atoms with E-state index in [4.69, 9.17) is 5.73 Å². The smallest absolute Gasteiger partial charge is 0.293 e. The van der Waals surface area contributed by atoms with E-state index in [0.717, 1.165) is 31.5 Å². The van der Waals surface area contributed by atoms with Crippen LogP contribution in [0.1, 0.15) is 60.1 Å². The number of nitro benzene ring substituents is 1. The summed E-state index contributed by atoms with van der Waals surface area (Å²) in [4.78, 5) is 25.6. The number of hydrogen-bond donors (Lipinski definition) is 2. The van der Waals surface area contributed by atoms with E-state index in [-0.39, 0.29) is 29.7 Å². The lowest BCUT2D eigenvalue weighted by molar-refractivity contribution is -0.384. The number of nitrogens with two attached hydrogens (primary N) is 1. The largest absolute Gasteiger partial charge is 0.366 e. The summed E-state index contributed by atoms with van der Waals surface area (Å²) < 4.78 is 0. The molecule has 0 aliphatic carbocycles. The van der Waals surface area contributed by atoms with Gasteiger partial charge in [0.1, 0.15) is 5.69 Å². The van der Waals surface area contributed by atoms with Gasteiger partial charge in [-0.15, -0.1) is 0 Å². The summed E-state index contributed by atoms with van der Waals surface area (Å²) in [5.41, 5.74) is 9.18. The highest BCUT2D eigenvalue weighted by Gasteiger charge is 2.24. The Kier molecular flexibility index (Phi) is 6.49. The molecule has 1 atom stereocenters. The Bertz CT molecular complexity index is 874. The molecular formula is C22H28N4O3. The number of benzene rings is 2. The van der Waals surface area contributed by atoms with Gasteiger partial charge in [0, 0.05) is 37.3 Å². The second kappa shape index (κ2) is 9.05. The van der Waals surface area contributed by atoms with E-state index in [1.54, 1.807) is 12.1 Å². The van der Waals surface area contributed by atoms with E-state index >= 15 is 0 Å². The molecule has 154 valence electrons. The van der Waals surface area contributed by atoms with Crippen molar-refractivity contribution in [1.29, 1.82) is 0 Å². The first-order chi connectivity index (χ1) is 13.9. The highest BCUT2D eigenvalue weighted by atomic mass is 16.6. The van der Waals surface area contributed by atoms with Crippen molar-refractivity contribution in [3.63, 3.8) is 0 Å². The van der Waals surface area contributed by atoms with Crippen molar-refractivity contribution in [2.75, 3.05) is 24.5 Å². The van der Waals surface area contributed by atoms with Crippen molar-refractivity contribution in [2.45, 2.75) is 38.6 Å². The summed E-state index contributed by atoms with van der Waals surface area (Å²) in [6.45, 7) is 6.11. The first-order valence-corrected chi connectivity index (χ1v) is 10.0. The molecule has 1 heterocycles. The lowest BCUT2D eigenvalue weighted by atomic mass is 9.99. The standard InChI is InChI=1S/C22H28N4O3/c1-15(2)16-5-7-17(8-6-16)19(23)14-24-22(27)18-9-10-20(21(13-18)26(28)29)25-11-3-4-12-25/h5-10,13,15,19H,3-4,11-12,14,23H2,1-2H3,(H,24,27). The van der Waals surface area contributed by atoms with Gasteiger partial charge in [-0.2, -0.15) is 0 Å². The van der Waals surface area contributed by atoms with Crippen LogP contribution in [0.4, 0.5) is 11.4 Å². The zero-order valence-corrected chi connectivity index (χ0v) is 16.9. The minimum absolute atomic E-state index is 0.0341. The Morgan fingerprint density at radius 1 is 1.14 bits per heavy atom. The van der Waals surface area contributed by atoms with Gasteiger partial charge in [-0.1, -0.05) is 38.1 Å². The second-order valence-corrected chi connectivity index (χ2v) is 7.79. The minimum atomic E-state index is -0.424. The number of anilines is 1. The van der Waals surface area contributed by atoms with Gasteiger partial charge in [0.25, 0.3) is 11.6 Å². The molecule has 1 unspecified atom stereocenters. The summed E-state index contributed by atoms with van der Waals surface area (Å²) in [5, 5.41) is 14.3. The van der Waals surface area contributed by atoms with E-state index in [1.807, 2.05) is 29.2 Å². The van der Waals surface area contributed by atoms with Crippen molar-refractivity contribution < 1.29 is 9.72 Å². The van der Waals surface area contributed by atoms with Crippen molar-refractivity contribution in [1.82, 2.24) is 5.32 Å². The van der Waals surface area contributed by atoms with Crippen LogP contribution in [0, 0.1) is 10.1 Å². The van der Waals surface area contributed by atoms with Crippen LogP contribution in [0.3, 0.4) is 0 Å². The fourth-order valence-corrected chi connectivity index (χ4v) is 3.59. The third kappa shape index (κ3) is 4.92. The van der Waals surface area contributed by atoms with Gasteiger partial charge in [-0.05, 0) is 42.0 Å². The lowest BCUT2D eigenvalue weighted by Crippen LogP contribution is -2.32. The molecule has 2 aromatic carbocycles. The molecular weight excluding hydrogens is 368 g/mol. The zero-order valence-electron chi connectivity index (χ0n) is 16.9. The fraction of sp³-hybridized carbons (Fsp3) is 0.409. The van der Waals surface area contributed by atoms with Crippen molar-refractivity contribution >= 4 is 17.3 Å². The number of carbonyl (C=O) groups is 1. The summed E-state index contributed by atoms with van der Waals surface area (Å²) in [7, 11) is 0. The summed E-state index contributed by atoms with van der Waals surface area (Å²) in [6.07, 6.45) is 2.05. The monoisotopic (exact) mass is 396 g/mol. The van der Waals surface area contributed by atoms with Crippen molar-refractivity contribution in [2.24, 2.45) is 5.73 Å². The first-order valence-electron chi connectivity index (χ1n) is 10.0. The average Bonchev–Trinajstić information content (AvgIpc) is 3.26. The van der Waals surface area contributed by atoms with Crippen LogP contribution in [0.15, 0.2) is 42.5 Å². The van der Waals surface area contributed by atoms with Gasteiger partial charge in [0.2, 0.25) is 0 Å². The third-order valence-electron chi connectivity index (χ3n) is 5.39. The molecule has 1 fully saturated rings. The molecule has 0 aromatic heterocycles. The second-order valence-electron chi connectivity index (χ2n) is 7.79. The molecule has 0 saturated carbocycles. The maximum atomic E-state index is 12.5. The van der Waals surface area contributed by atoms with Crippen molar-refractivity contribution in [3.8, 4) is 0 Å². The maximum absolute atomic E-state index is 12.5. The Morgan fingerprint density at radius 2 is 1.76 bits per heavy atom. The van der Waals surface area contributed by atoms with Crippen LogP contribution in [0.25, 0.3) is 0 Å². The molecule has 1 aliphatic heterocycles. The lowest BCUT2D eigenvalue weighted by Gasteiger charge is -2.18. The molecule has 29 heavy (non-hydrogen) atoms. The van der Waals surface area contributed by atoms with Crippen LogP contribution < -0.4 is 16.0 Å². The molecule has 3 rings (SSSR count). The zero-order chi connectivity index (χ0) is 21.0. The Balaban J connectivity index is 1.67. The highest BCUT2D eigenvalue weighted by Crippen LogP contribution is 2.31. The van der Waals surface area contributed by atoms with E-state index < -0.39 is 4.92 Å². The first kappa shape index (κ1) is 20.8. The van der Waals surface area contributed by atoms with Gasteiger partial charge in [-0.25, -0.2) is 0 Å². The van der Waals surface area contributed by atoms with Crippen LogP contribution in [-0.2, 0) is 0 Å². The quantitative estimate of drug-likeness (QED) is 0.548. The number of rotatable bonds is 7. The van der Waals surface area contributed by atoms with E-state index in [2.05, 4.69) is 19.2 Å². The van der Waals surface area contributed by atoms with Gasteiger partial charge >= 0.3 is 0 Å². The Morgan fingerprint density at radius 3 is 2.34 bits per heavy atom. The summed E-state index contributed by atoms with van der Waals surface area (Å²) in [6, 6.07) is 12.3. The van der Waals surface area contributed by atoms with Crippen LogP contribution in [0.5, 0.6) is 0 Å². The fourth-order valence-electron chi connectivity index (χ4n) is 3.59. The molecule has 0 spiro atoms. The molecule has 0 bridgehead atoms. The maximum Gasteiger partial charge on any atom is 0.293 e. The average molecular weight is 396 g/mol. The number of nitrogens with one attached hydrogen (secondary N) is 1. The Hall–Kier alpha value is -2.93. The normalized spacial score (nSPS) is 14.8. The van der Waals surface area contributed by atoms with Crippen LogP contribution in [0.2, 0.25) is 0 Å². The Labute approximate surface area is 171 Å². The molecule has 0 radical (unpaired) electrons. The van der Waals surface area contributed by atoms with Gasteiger partial charge in [-0.3, -0.25) is 14.9 Å². The van der Waals surface area contributed by atoms with Crippen LogP contribution >= 0.6 is 0 Å². The van der Waals surface area contributed by atoms with Gasteiger partial charge < -0.3 is 16.0 Å². The predicted molar refractivity (Wildman–Crippen MR) is 114 cm³/mol. The number of nitro groups is 1. The van der Waals surface area contributed by atoms with Gasteiger partial charge in [0.15, 0.2) is 0 Å². The molecule has 1 saturated heterocycles. The van der Waals surface area contributed by atoms with E-state index in [0.29, 0.717) is 11.6 Å². The van der Waals surface area contributed by atoms with E-state index in [9.17, 15) is 14.9 Å². The van der Waals surface area contributed by atoms with Gasteiger partial charge in [0.05, 0.1) is 4.92 Å². The molecule has 1 aliphatic rings. The molecule has 1 amide bonds. The summed E-state index contributed by atoms with van der Waals surface area (Å²) in [5.74, 6) is 0.0784. The predicted octanol–water partition coefficient (Wildman–Crippen LogP) is 3.75. The number of carbonyl (C=O) groups excluding carboxylic acids is 1. The SMILES string of the molecule is CC(C)c1ccc(C(N)CNC(=O)c2ccc(N3CCCC3)c([N+](=O)[O-])c2)cc1. The highest BCUT2D eigenvalue weighted by molar-refractivity contribution is 5.95. The topological polar surface area (TPSA) is 102 Å². The number of amides is 1. The minimum Gasteiger partial charge on any atom is -0.366 e. The number of hydrogen-bond acceptors (Lipinski definition) is 5. The molecule has 7 nitrogen and oxygen atoms in total. The molecule has 2 aromatic rings. The van der Waals surface area contributed by atoms with Crippen molar-refractivity contribution in [3.05, 3.63) is 69.3 Å². The van der Waals surface area contributed by atoms with E-state index in [1.165, 1.54) is 11.6 Å².